The van der Waals surface area contributed by atoms with Crippen molar-refractivity contribution in [3.05, 3.63) is 57.8 Å². The van der Waals surface area contributed by atoms with E-state index in [9.17, 15) is 27.9 Å². The van der Waals surface area contributed by atoms with E-state index in [0.29, 0.717) is 32.5 Å². The molecule has 1 aromatic heterocycles. The SMILES string of the molecule is C[C@H](NC(=O)[C@@H](NC(=O)C(C)(C)O)[C@@H](C)c1ccc(OCC(F)(F)F)cc1)c1nc2cc(Cl)c(Cl)cc2[nH]1. The third kappa shape index (κ3) is 7.52. The molecule has 0 aliphatic heterocycles. The van der Waals surface area contributed by atoms with Crippen LogP contribution in [0.25, 0.3) is 11.0 Å². The summed E-state index contributed by atoms with van der Waals surface area (Å²) in [5, 5.41) is 16.2. The topological polar surface area (TPSA) is 116 Å². The molecule has 13 heteroatoms. The number of ether oxygens (including phenoxy) is 1. The number of aliphatic hydroxyl groups is 1. The van der Waals surface area contributed by atoms with Crippen LogP contribution in [0.2, 0.25) is 10.0 Å². The van der Waals surface area contributed by atoms with Gasteiger partial charge in [0.1, 0.15) is 23.2 Å². The molecule has 0 bridgehead atoms. The summed E-state index contributed by atoms with van der Waals surface area (Å²) in [5.41, 5.74) is -0.0652. The number of carbonyl (C=O) groups excluding carboxylic acids is 2. The van der Waals surface area contributed by atoms with E-state index in [-0.39, 0.29) is 5.75 Å². The maximum Gasteiger partial charge on any atom is 0.422 e. The molecule has 8 nitrogen and oxygen atoms in total. The van der Waals surface area contributed by atoms with Gasteiger partial charge in [-0.1, -0.05) is 42.3 Å². The number of imidazole rings is 1. The normalized spacial score (nSPS) is 14.6. The van der Waals surface area contributed by atoms with E-state index in [2.05, 4.69) is 20.6 Å². The van der Waals surface area contributed by atoms with Crippen molar-refractivity contribution in [2.45, 2.75) is 57.5 Å². The number of nitrogens with one attached hydrogen (secondary N) is 3. The van der Waals surface area contributed by atoms with E-state index in [1.165, 1.54) is 38.1 Å². The van der Waals surface area contributed by atoms with Gasteiger partial charge in [0.2, 0.25) is 5.91 Å². The average molecular weight is 575 g/mol. The van der Waals surface area contributed by atoms with Crippen LogP contribution in [0.1, 0.15) is 51.0 Å². The third-order valence-corrected chi connectivity index (χ3v) is 6.47. The number of H-pyrrole nitrogens is 1. The third-order valence-electron chi connectivity index (χ3n) is 5.74. The zero-order valence-electron chi connectivity index (χ0n) is 20.9. The summed E-state index contributed by atoms with van der Waals surface area (Å²) in [6.45, 7) is 4.47. The van der Waals surface area contributed by atoms with Crippen molar-refractivity contribution in [3.8, 4) is 5.75 Å². The Hall–Kier alpha value is -3.02. The van der Waals surface area contributed by atoms with E-state index in [4.69, 9.17) is 27.9 Å². The number of amides is 2. The number of hydrogen-bond donors (Lipinski definition) is 4. The molecule has 1 heterocycles. The van der Waals surface area contributed by atoms with Crippen LogP contribution in [-0.4, -0.2) is 51.3 Å². The fourth-order valence-electron chi connectivity index (χ4n) is 3.56. The van der Waals surface area contributed by atoms with E-state index >= 15 is 0 Å². The minimum absolute atomic E-state index is 0.00137. The second-order valence-electron chi connectivity index (χ2n) is 9.41. The minimum atomic E-state index is -4.48. The number of benzene rings is 2. The van der Waals surface area contributed by atoms with E-state index in [1.54, 1.807) is 26.0 Å². The van der Waals surface area contributed by atoms with Gasteiger partial charge in [-0.05, 0) is 50.6 Å². The summed E-state index contributed by atoms with van der Waals surface area (Å²) in [5.74, 6) is -1.58. The number of nitrogens with zero attached hydrogens (tertiary/aromatic N) is 1. The Kier molecular flexibility index (Phi) is 8.85. The van der Waals surface area contributed by atoms with Gasteiger partial charge in [-0.2, -0.15) is 13.2 Å². The maximum absolute atomic E-state index is 13.4. The minimum Gasteiger partial charge on any atom is -0.484 e. The highest BCUT2D eigenvalue weighted by atomic mass is 35.5. The van der Waals surface area contributed by atoms with Gasteiger partial charge in [-0.25, -0.2) is 4.98 Å². The Morgan fingerprint density at radius 3 is 2.26 bits per heavy atom. The number of hydrogen-bond acceptors (Lipinski definition) is 5. The summed E-state index contributed by atoms with van der Waals surface area (Å²) >= 11 is 12.1. The molecule has 0 aliphatic rings. The van der Waals surface area contributed by atoms with Gasteiger partial charge in [0.25, 0.3) is 5.91 Å². The van der Waals surface area contributed by atoms with Crippen LogP contribution in [0.4, 0.5) is 13.2 Å². The molecule has 38 heavy (non-hydrogen) atoms. The molecule has 0 spiro atoms. The molecule has 0 saturated heterocycles. The first-order valence-corrected chi connectivity index (χ1v) is 12.3. The number of fused-ring (bicyclic) bond motifs is 1. The summed E-state index contributed by atoms with van der Waals surface area (Å²) in [7, 11) is 0. The summed E-state index contributed by atoms with van der Waals surface area (Å²) in [6.07, 6.45) is -4.48. The summed E-state index contributed by atoms with van der Waals surface area (Å²) in [4.78, 5) is 33.5. The Labute approximate surface area is 226 Å². The van der Waals surface area contributed by atoms with Gasteiger partial charge < -0.3 is 25.5 Å². The van der Waals surface area contributed by atoms with Gasteiger partial charge >= 0.3 is 6.18 Å². The van der Waals surface area contributed by atoms with E-state index < -0.39 is 48.2 Å². The van der Waals surface area contributed by atoms with Crippen molar-refractivity contribution in [3.63, 3.8) is 0 Å². The molecule has 4 N–H and O–H groups in total. The van der Waals surface area contributed by atoms with Crippen LogP contribution >= 0.6 is 23.2 Å². The van der Waals surface area contributed by atoms with Crippen molar-refractivity contribution in [2.24, 2.45) is 0 Å². The molecule has 2 aromatic carbocycles. The number of alkyl halides is 3. The van der Waals surface area contributed by atoms with E-state index in [1.807, 2.05) is 0 Å². The number of aromatic nitrogens is 2. The van der Waals surface area contributed by atoms with Crippen LogP contribution in [-0.2, 0) is 9.59 Å². The van der Waals surface area contributed by atoms with Crippen molar-refractivity contribution >= 4 is 46.0 Å². The van der Waals surface area contributed by atoms with Crippen LogP contribution in [0.5, 0.6) is 5.75 Å². The molecule has 3 rings (SSSR count). The van der Waals surface area contributed by atoms with Crippen molar-refractivity contribution in [1.29, 1.82) is 0 Å². The van der Waals surface area contributed by atoms with Crippen LogP contribution in [0.15, 0.2) is 36.4 Å². The molecule has 206 valence electrons. The van der Waals surface area contributed by atoms with Crippen molar-refractivity contribution < 1.29 is 32.6 Å². The summed E-state index contributed by atoms with van der Waals surface area (Å²) < 4.78 is 42.0. The Morgan fingerprint density at radius 1 is 1.08 bits per heavy atom. The number of halogens is 5. The Bertz CT molecular complexity index is 1270. The molecular weight excluding hydrogens is 548 g/mol. The lowest BCUT2D eigenvalue weighted by Crippen LogP contribution is -2.54. The van der Waals surface area contributed by atoms with Crippen molar-refractivity contribution in [2.75, 3.05) is 6.61 Å². The molecule has 0 saturated carbocycles. The molecule has 0 aliphatic carbocycles. The molecular formula is C25H27Cl2F3N4O4. The molecule has 0 radical (unpaired) electrons. The molecule has 3 aromatic rings. The lowest BCUT2D eigenvalue weighted by atomic mass is 9.91. The molecule has 0 unspecified atom stereocenters. The highest BCUT2D eigenvalue weighted by molar-refractivity contribution is 6.42. The average Bonchev–Trinajstić information content (AvgIpc) is 3.22. The second kappa shape index (κ2) is 11.4. The van der Waals surface area contributed by atoms with Crippen LogP contribution < -0.4 is 15.4 Å². The zero-order chi connectivity index (χ0) is 28.4. The maximum atomic E-state index is 13.4. The number of carbonyl (C=O) groups is 2. The fraction of sp³-hybridized carbons (Fsp3) is 0.400. The molecule has 0 fully saturated rings. The quantitative estimate of drug-likeness (QED) is 0.285. The number of aromatic amines is 1. The van der Waals surface area contributed by atoms with Gasteiger partial charge in [-0.3, -0.25) is 9.59 Å². The molecule has 2 amide bonds. The first kappa shape index (κ1) is 29.5. The first-order valence-electron chi connectivity index (χ1n) is 11.5. The van der Waals surface area contributed by atoms with Gasteiger partial charge in [0.15, 0.2) is 6.61 Å². The monoisotopic (exact) mass is 574 g/mol. The highest BCUT2D eigenvalue weighted by Gasteiger charge is 2.34. The lowest BCUT2D eigenvalue weighted by Gasteiger charge is -2.28. The summed E-state index contributed by atoms with van der Waals surface area (Å²) in [6, 6.07) is 7.12. The number of rotatable bonds is 9. The predicted octanol–water partition coefficient (Wildman–Crippen LogP) is 5.05. The first-order chi connectivity index (χ1) is 17.5. The van der Waals surface area contributed by atoms with Crippen LogP contribution in [0.3, 0.4) is 0 Å². The van der Waals surface area contributed by atoms with Gasteiger partial charge in [0, 0.05) is 5.92 Å². The highest BCUT2D eigenvalue weighted by Crippen LogP contribution is 2.28. The fourth-order valence-corrected chi connectivity index (χ4v) is 3.88. The van der Waals surface area contributed by atoms with E-state index in [0.717, 1.165) is 0 Å². The second-order valence-corrected chi connectivity index (χ2v) is 10.2. The Balaban J connectivity index is 1.81. The smallest absolute Gasteiger partial charge is 0.422 e. The van der Waals surface area contributed by atoms with Crippen molar-refractivity contribution in [1.82, 2.24) is 20.6 Å². The lowest BCUT2D eigenvalue weighted by molar-refractivity contribution is -0.153. The van der Waals surface area contributed by atoms with Gasteiger partial charge in [-0.15, -0.1) is 0 Å². The largest absolute Gasteiger partial charge is 0.484 e. The Morgan fingerprint density at radius 2 is 1.68 bits per heavy atom. The zero-order valence-corrected chi connectivity index (χ0v) is 22.4. The predicted molar refractivity (Wildman–Crippen MR) is 137 cm³/mol. The standard InChI is InChI=1S/C25H27Cl2F3N4O4/c1-12(14-5-7-15(8-6-14)38-11-25(28,29)30)20(34-23(36)24(3,4)37)22(35)31-13(2)21-32-18-9-16(26)17(27)10-19(18)33-21/h5-10,12-13,20,37H,11H2,1-4H3,(H,31,35)(H,32,33)(H,34,36)/t12-,13-,20-/m0/s1. The molecule has 3 atom stereocenters. The van der Waals surface area contributed by atoms with Gasteiger partial charge in [0.05, 0.1) is 27.1 Å². The van der Waals surface area contributed by atoms with Crippen LogP contribution in [0, 0.1) is 0 Å².